The van der Waals surface area contributed by atoms with Gasteiger partial charge in [0.1, 0.15) is 6.61 Å². The van der Waals surface area contributed by atoms with Gasteiger partial charge in [0, 0.05) is 25.2 Å². The first-order chi connectivity index (χ1) is 14.8. The van der Waals surface area contributed by atoms with Crippen LogP contribution in [0.2, 0.25) is 0 Å². The minimum Gasteiger partial charge on any atom is -0.445 e. The number of halogens is 4. The Morgan fingerprint density at radius 3 is 2.68 bits per heavy atom. The van der Waals surface area contributed by atoms with E-state index in [9.17, 15) is 18.0 Å². The first-order valence-electron chi connectivity index (χ1n) is 10.00. The molecule has 0 aliphatic heterocycles. The van der Waals surface area contributed by atoms with Crippen molar-refractivity contribution in [2.75, 3.05) is 0 Å². The number of benzene rings is 1. The summed E-state index contributed by atoms with van der Waals surface area (Å²) in [4.78, 5) is 16.9. The number of amides is 1. The largest absolute Gasteiger partial charge is 0.445 e. The third-order valence-corrected chi connectivity index (χ3v) is 6.19. The third-order valence-electron chi connectivity index (χ3n) is 5.58. The maximum atomic E-state index is 14.4. The van der Waals surface area contributed by atoms with Crippen LogP contribution in [-0.4, -0.2) is 21.4 Å². The molecule has 1 saturated carbocycles. The molecule has 1 fully saturated rings. The Kier molecular flexibility index (Phi) is 6.22. The van der Waals surface area contributed by atoms with Gasteiger partial charge in [-0.25, -0.2) is 22.9 Å². The third kappa shape index (κ3) is 5.03. The number of nitrogens with one attached hydrogen (secondary N) is 1. The van der Waals surface area contributed by atoms with Crippen LogP contribution in [0, 0.1) is 11.7 Å². The van der Waals surface area contributed by atoms with Gasteiger partial charge in [-0.15, -0.1) is 0 Å². The second kappa shape index (κ2) is 8.90. The average molecular weight is 496 g/mol. The molecule has 1 aliphatic carbocycles. The normalized spacial score (nSPS) is 17.4. The van der Waals surface area contributed by atoms with E-state index in [4.69, 9.17) is 4.74 Å². The van der Waals surface area contributed by atoms with E-state index in [1.165, 1.54) is 4.40 Å². The van der Waals surface area contributed by atoms with Crippen molar-refractivity contribution in [3.63, 3.8) is 0 Å². The van der Waals surface area contributed by atoms with Crippen LogP contribution in [0.15, 0.2) is 53.3 Å². The molecule has 0 bridgehead atoms. The Labute approximate surface area is 185 Å². The molecule has 1 aliphatic rings. The van der Waals surface area contributed by atoms with Crippen LogP contribution in [0.3, 0.4) is 0 Å². The minimum atomic E-state index is -2.70. The monoisotopic (exact) mass is 495 g/mol. The Morgan fingerprint density at radius 2 is 1.97 bits per heavy atom. The molecule has 2 aromatic heterocycles. The molecular weight excluding hydrogens is 475 g/mol. The SMILES string of the molecule is O=C(N[C@H](c1cn2ccc(Br)c(F)c2n1)C1CCC(F)(F)CC1)OCc1ccccc1. The number of pyridine rings is 1. The van der Waals surface area contributed by atoms with Gasteiger partial charge < -0.3 is 14.5 Å². The number of ether oxygens (including phenoxy) is 1. The number of hydrogen-bond acceptors (Lipinski definition) is 3. The highest BCUT2D eigenvalue weighted by Gasteiger charge is 2.39. The molecule has 1 N–H and O–H groups in total. The van der Waals surface area contributed by atoms with E-state index in [1.807, 2.05) is 30.3 Å². The first kappa shape index (κ1) is 21.7. The van der Waals surface area contributed by atoms with Crippen molar-refractivity contribution in [1.82, 2.24) is 14.7 Å². The lowest BCUT2D eigenvalue weighted by molar-refractivity contribution is -0.0497. The summed E-state index contributed by atoms with van der Waals surface area (Å²) in [5.41, 5.74) is 1.32. The maximum absolute atomic E-state index is 14.4. The summed E-state index contributed by atoms with van der Waals surface area (Å²) in [6.07, 6.45) is 2.49. The van der Waals surface area contributed by atoms with Gasteiger partial charge in [-0.2, -0.15) is 0 Å². The van der Waals surface area contributed by atoms with Crippen molar-refractivity contribution in [2.24, 2.45) is 5.92 Å². The fourth-order valence-corrected chi connectivity index (χ4v) is 4.18. The number of fused-ring (bicyclic) bond motifs is 1. The van der Waals surface area contributed by atoms with Crippen LogP contribution in [0.4, 0.5) is 18.0 Å². The van der Waals surface area contributed by atoms with E-state index >= 15 is 0 Å². The summed E-state index contributed by atoms with van der Waals surface area (Å²) in [6.45, 7) is 0.0782. The Bertz CT molecular complexity index is 1060. The zero-order valence-electron chi connectivity index (χ0n) is 16.5. The summed E-state index contributed by atoms with van der Waals surface area (Å²) >= 11 is 3.13. The lowest BCUT2D eigenvalue weighted by Crippen LogP contribution is -2.37. The van der Waals surface area contributed by atoms with Crippen molar-refractivity contribution >= 4 is 27.7 Å². The van der Waals surface area contributed by atoms with Crippen molar-refractivity contribution in [3.05, 3.63) is 70.3 Å². The number of aromatic nitrogens is 2. The van der Waals surface area contributed by atoms with Crippen molar-refractivity contribution < 1.29 is 22.7 Å². The molecule has 0 spiro atoms. The van der Waals surface area contributed by atoms with Crippen molar-refractivity contribution in [3.8, 4) is 0 Å². The molecule has 1 atom stereocenters. The molecule has 5 nitrogen and oxygen atoms in total. The lowest BCUT2D eigenvalue weighted by atomic mass is 9.81. The molecular formula is C22H21BrF3N3O2. The van der Waals surface area contributed by atoms with Gasteiger partial charge in [0.05, 0.1) is 16.2 Å². The summed E-state index contributed by atoms with van der Waals surface area (Å²) in [5.74, 6) is -3.50. The van der Waals surface area contributed by atoms with Gasteiger partial charge in [-0.1, -0.05) is 30.3 Å². The van der Waals surface area contributed by atoms with E-state index in [2.05, 4.69) is 26.2 Å². The van der Waals surface area contributed by atoms with Crippen LogP contribution in [-0.2, 0) is 11.3 Å². The van der Waals surface area contributed by atoms with E-state index in [0.29, 0.717) is 5.69 Å². The molecule has 1 aromatic carbocycles. The fraction of sp³-hybridized carbons (Fsp3) is 0.364. The number of imidazole rings is 1. The molecule has 0 unspecified atom stereocenters. The predicted molar refractivity (Wildman–Crippen MR) is 112 cm³/mol. The molecule has 0 radical (unpaired) electrons. The Morgan fingerprint density at radius 1 is 1.26 bits per heavy atom. The number of alkyl carbamates (subject to hydrolysis) is 1. The van der Waals surface area contributed by atoms with Gasteiger partial charge in [0.2, 0.25) is 5.92 Å². The maximum Gasteiger partial charge on any atom is 0.408 e. The van der Waals surface area contributed by atoms with Crippen molar-refractivity contribution in [2.45, 2.75) is 44.3 Å². The quantitative estimate of drug-likeness (QED) is 0.470. The summed E-state index contributed by atoms with van der Waals surface area (Å²) in [7, 11) is 0. The highest BCUT2D eigenvalue weighted by Crippen LogP contribution is 2.41. The molecule has 0 saturated heterocycles. The van der Waals surface area contributed by atoms with Crippen LogP contribution in [0.1, 0.15) is 43.0 Å². The topological polar surface area (TPSA) is 55.6 Å². The summed E-state index contributed by atoms with van der Waals surface area (Å²) in [5, 5.41) is 2.78. The number of hydrogen-bond donors (Lipinski definition) is 1. The average Bonchev–Trinajstić information content (AvgIpc) is 3.19. The standard InChI is InChI=1S/C22H21BrF3N3O2/c23-16-8-11-29-12-17(27-20(29)18(16)24)19(15-6-9-22(25,26)10-7-15)28-21(30)31-13-14-4-2-1-3-5-14/h1-5,8,11-12,15,19H,6-7,9-10,13H2,(H,28,30)/t19-/m0/s1. The fourth-order valence-electron chi connectivity index (χ4n) is 3.88. The van der Waals surface area contributed by atoms with Crippen LogP contribution in [0.25, 0.3) is 5.65 Å². The van der Waals surface area contributed by atoms with Crippen LogP contribution >= 0.6 is 15.9 Å². The number of carbonyl (C=O) groups is 1. The second-order valence-electron chi connectivity index (χ2n) is 7.75. The number of carbonyl (C=O) groups excluding carboxylic acids is 1. The summed E-state index contributed by atoms with van der Waals surface area (Å²) < 4.78 is 48.9. The van der Waals surface area contributed by atoms with Gasteiger partial charge in [-0.3, -0.25) is 0 Å². The minimum absolute atomic E-state index is 0.0782. The molecule has 9 heteroatoms. The van der Waals surface area contributed by atoms with Crippen LogP contribution in [0.5, 0.6) is 0 Å². The summed E-state index contributed by atoms with van der Waals surface area (Å²) in [6, 6.07) is 10.1. The second-order valence-corrected chi connectivity index (χ2v) is 8.61. The van der Waals surface area contributed by atoms with E-state index in [-0.39, 0.29) is 48.3 Å². The molecule has 31 heavy (non-hydrogen) atoms. The molecule has 3 aromatic rings. The molecule has 1 amide bonds. The lowest BCUT2D eigenvalue weighted by Gasteiger charge is -2.33. The van der Waals surface area contributed by atoms with Gasteiger partial charge in [-0.05, 0) is 46.3 Å². The number of nitrogens with zero attached hydrogens (tertiary/aromatic N) is 2. The van der Waals surface area contributed by atoms with Gasteiger partial charge in [0.25, 0.3) is 0 Å². The highest BCUT2D eigenvalue weighted by molar-refractivity contribution is 9.10. The van der Waals surface area contributed by atoms with Crippen molar-refractivity contribution in [1.29, 1.82) is 0 Å². The smallest absolute Gasteiger partial charge is 0.408 e. The zero-order valence-corrected chi connectivity index (χ0v) is 18.1. The number of alkyl halides is 2. The predicted octanol–water partition coefficient (Wildman–Crippen LogP) is 6.03. The van der Waals surface area contributed by atoms with E-state index in [0.717, 1.165) is 5.56 Å². The highest BCUT2D eigenvalue weighted by atomic mass is 79.9. The first-order valence-corrected chi connectivity index (χ1v) is 10.8. The van der Waals surface area contributed by atoms with E-state index in [1.54, 1.807) is 18.5 Å². The zero-order chi connectivity index (χ0) is 22.0. The molecule has 164 valence electrons. The van der Waals surface area contributed by atoms with Gasteiger partial charge >= 0.3 is 6.09 Å². The Balaban J connectivity index is 1.56. The number of rotatable bonds is 5. The van der Waals surface area contributed by atoms with Gasteiger partial charge in [0.15, 0.2) is 11.5 Å². The van der Waals surface area contributed by atoms with E-state index < -0.39 is 23.9 Å². The Hall–Kier alpha value is -2.55. The molecule has 2 heterocycles. The van der Waals surface area contributed by atoms with Crippen LogP contribution < -0.4 is 5.32 Å². The molecule has 4 rings (SSSR count).